The number of nitrogens with zero attached hydrogens (tertiary/aromatic N) is 3. The molecule has 1 atom stereocenters. The normalized spacial score (nSPS) is 23.1. The van der Waals surface area contributed by atoms with Crippen LogP contribution in [-0.4, -0.2) is 39.3 Å². The number of rotatable bonds is 3. The number of aryl methyl sites for hydroxylation is 1. The van der Waals surface area contributed by atoms with Gasteiger partial charge in [0.15, 0.2) is 5.82 Å². The largest absolute Gasteiger partial charge is 0.395 e. The lowest BCUT2D eigenvalue weighted by molar-refractivity contribution is 0.150. The second kappa shape index (κ2) is 4.06. The van der Waals surface area contributed by atoms with E-state index < -0.39 is 0 Å². The van der Waals surface area contributed by atoms with E-state index >= 15 is 0 Å². The summed E-state index contributed by atoms with van der Waals surface area (Å²) in [6.07, 6.45) is 2.20. The lowest BCUT2D eigenvalue weighted by atomic mass is 10.2. The molecule has 1 saturated heterocycles. The number of aromatic nitrogens is 2. The molecule has 78 valence electrons. The number of hydrogen-bond donors (Lipinski definition) is 1. The van der Waals surface area contributed by atoms with E-state index in [2.05, 4.69) is 15.0 Å². The van der Waals surface area contributed by atoms with E-state index in [0.29, 0.717) is 18.3 Å². The van der Waals surface area contributed by atoms with Gasteiger partial charge in [0.2, 0.25) is 5.89 Å². The smallest absolute Gasteiger partial charge is 0.223 e. The molecule has 0 radical (unpaired) electrons. The first-order valence-electron chi connectivity index (χ1n) is 4.93. The van der Waals surface area contributed by atoms with Gasteiger partial charge in [0.05, 0.1) is 13.2 Å². The van der Waals surface area contributed by atoms with Gasteiger partial charge in [0.25, 0.3) is 0 Å². The zero-order chi connectivity index (χ0) is 9.97. The maximum Gasteiger partial charge on any atom is 0.223 e. The van der Waals surface area contributed by atoms with Crippen molar-refractivity contribution in [1.29, 1.82) is 0 Å². The van der Waals surface area contributed by atoms with E-state index in [1.165, 1.54) is 0 Å². The Kier molecular flexibility index (Phi) is 2.79. The lowest BCUT2D eigenvalue weighted by Gasteiger charge is -2.20. The maximum absolute atomic E-state index is 9.11. The zero-order valence-electron chi connectivity index (χ0n) is 8.31. The molecule has 5 heteroatoms. The third kappa shape index (κ3) is 1.93. The third-order valence-electron chi connectivity index (χ3n) is 2.62. The van der Waals surface area contributed by atoms with Gasteiger partial charge in [0, 0.05) is 13.0 Å². The first-order chi connectivity index (χ1) is 6.79. The van der Waals surface area contributed by atoms with Crippen molar-refractivity contribution in [3.8, 4) is 0 Å². The van der Waals surface area contributed by atoms with Crippen LogP contribution >= 0.6 is 0 Å². The molecule has 1 aliphatic heterocycles. The van der Waals surface area contributed by atoms with Crippen molar-refractivity contribution in [2.45, 2.75) is 32.4 Å². The van der Waals surface area contributed by atoms with Gasteiger partial charge in [-0.15, -0.1) is 0 Å². The first kappa shape index (κ1) is 9.61. The highest BCUT2D eigenvalue weighted by atomic mass is 16.5. The summed E-state index contributed by atoms with van der Waals surface area (Å²) in [5.41, 5.74) is 0. The van der Waals surface area contributed by atoms with Gasteiger partial charge in [-0.2, -0.15) is 4.98 Å². The Balaban J connectivity index is 1.96. The van der Waals surface area contributed by atoms with Crippen molar-refractivity contribution in [2.24, 2.45) is 0 Å². The van der Waals surface area contributed by atoms with E-state index in [0.717, 1.165) is 19.4 Å². The molecule has 2 heterocycles. The summed E-state index contributed by atoms with van der Waals surface area (Å²) in [5.74, 6) is 1.31. The van der Waals surface area contributed by atoms with Gasteiger partial charge in [-0.1, -0.05) is 5.16 Å². The van der Waals surface area contributed by atoms with Gasteiger partial charge in [0.1, 0.15) is 0 Å². The van der Waals surface area contributed by atoms with Gasteiger partial charge >= 0.3 is 0 Å². The van der Waals surface area contributed by atoms with Crippen molar-refractivity contribution < 1.29 is 9.63 Å². The number of aliphatic hydroxyl groups is 1. The van der Waals surface area contributed by atoms with E-state index in [4.69, 9.17) is 9.63 Å². The number of aliphatic hydroxyl groups excluding tert-OH is 1. The minimum absolute atomic E-state index is 0.219. The summed E-state index contributed by atoms with van der Waals surface area (Å²) in [4.78, 5) is 6.34. The number of likely N-dealkylation sites (tertiary alicyclic amines) is 1. The van der Waals surface area contributed by atoms with E-state index in [1.54, 1.807) is 6.92 Å². The minimum Gasteiger partial charge on any atom is -0.395 e. The van der Waals surface area contributed by atoms with Crippen LogP contribution in [0.25, 0.3) is 0 Å². The monoisotopic (exact) mass is 197 g/mol. The predicted molar refractivity (Wildman–Crippen MR) is 49.6 cm³/mol. The van der Waals surface area contributed by atoms with E-state index in [9.17, 15) is 0 Å². The Labute approximate surface area is 82.7 Å². The van der Waals surface area contributed by atoms with Crippen LogP contribution < -0.4 is 0 Å². The number of hydrogen-bond acceptors (Lipinski definition) is 5. The average molecular weight is 197 g/mol. The van der Waals surface area contributed by atoms with Crippen molar-refractivity contribution in [3.05, 3.63) is 11.7 Å². The molecule has 0 unspecified atom stereocenters. The summed E-state index contributed by atoms with van der Waals surface area (Å²) in [5, 5.41) is 13.0. The minimum atomic E-state index is 0.219. The summed E-state index contributed by atoms with van der Waals surface area (Å²) in [6.45, 7) is 3.70. The summed E-state index contributed by atoms with van der Waals surface area (Å²) < 4.78 is 4.89. The second-order valence-electron chi connectivity index (χ2n) is 3.68. The molecular formula is C9H15N3O2. The zero-order valence-corrected chi connectivity index (χ0v) is 8.31. The fourth-order valence-electron chi connectivity index (χ4n) is 1.90. The highest BCUT2D eigenvalue weighted by Crippen LogP contribution is 2.18. The molecule has 1 N–H and O–H groups in total. The fourth-order valence-corrected chi connectivity index (χ4v) is 1.90. The molecular weight excluding hydrogens is 182 g/mol. The topological polar surface area (TPSA) is 62.4 Å². The molecule has 0 spiro atoms. The second-order valence-corrected chi connectivity index (χ2v) is 3.68. The highest BCUT2D eigenvalue weighted by molar-refractivity contribution is 4.88. The summed E-state index contributed by atoms with van der Waals surface area (Å²) in [6, 6.07) is 0.272. The molecule has 2 rings (SSSR count). The van der Waals surface area contributed by atoms with Crippen molar-refractivity contribution in [3.63, 3.8) is 0 Å². The molecule has 0 bridgehead atoms. The van der Waals surface area contributed by atoms with Gasteiger partial charge in [-0.05, 0) is 19.4 Å². The van der Waals surface area contributed by atoms with Crippen molar-refractivity contribution >= 4 is 0 Å². The Bertz CT molecular complexity index is 300. The Morgan fingerprint density at radius 1 is 1.64 bits per heavy atom. The molecule has 0 saturated carbocycles. The molecule has 1 aromatic rings. The fraction of sp³-hybridized carbons (Fsp3) is 0.778. The van der Waals surface area contributed by atoms with Crippen LogP contribution in [0.1, 0.15) is 24.6 Å². The molecule has 0 amide bonds. The Hall–Kier alpha value is -0.940. The molecule has 0 aliphatic carbocycles. The molecule has 1 aromatic heterocycles. The molecule has 1 aliphatic rings. The maximum atomic E-state index is 9.11. The van der Waals surface area contributed by atoms with Crippen LogP contribution in [-0.2, 0) is 6.54 Å². The van der Waals surface area contributed by atoms with Crippen molar-refractivity contribution in [1.82, 2.24) is 15.0 Å². The summed E-state index contributed by atoms with van der Waals surface area (Å²) in [7, 11) is 0. The van der Waals surface area contributed by atoms with E-state index in [1.807, 2.05) is 0 Å². The predicted octanol–water partition coefficient (Wildman–Crippen LogP) is 0.335. The van der Waals surface area contributed by atoms with Crippen LogP contribution in [0.3, 0.4) is 0 Å². The molecule has 14 heavy (non-hydrogen) atoms. The SMILES string of the molecule is Cc1nc(CN2CCC[C@H]2CO)no1. The Morgan fingerprint density at radius 3 is 3.14 bits per heavy atom. The van der Waals surface area contributed by atoms with Crippen LogP contribution in [0.5, 0.6) is 0 Å². The standard InChI is InChI=1S/C9H15N3O2/c1-7-10-9(11-14-7)5-12-4-2-3-8(12)6-13/h8,13H,2-6H2,1H3/t8-/m0/s1. The average Bonchev–Trinajstić information content (AvgIpc) is 2.76. The van der Waals surface area contributed by atoms with Crippen LogP contribution in [0.15, 0.2) is 4.52 Å². The first-order valence-corrected chi connectivity index (χ1v) is 4.93. The van der Waals surface area contributed by atoms with E-state index in [-0.39, 0.29) is 12.6 Å². The molecule has 0 aromatic carbocycles. The highest BCUT2D eigenvalue weighted by Gasteiger charge is 2.24. The third-order valence-corrected chi connectivity index (χ3v) is 2.62. The quantitative estimate of drug-likeness (QED) is 0.756. The summed E-state index contributed by atoms with van der Waals surface area (Å²) >= 11 is 0. The Morgan fingerprint density at radius 2 is 2.50 bits per heavy atom. The molecule has 1 fully saturated rings. The lowest BCUT2D eigenvalue weighted by Crippen LogP contribution is -2.31. The van der Waals surface area contributed by atoms with Gasteiger partial charge in [-0.3, -0.25) is 4.90 Å². The van der Waals surface area contributed by atoms with Crippen molar-refractivity contribution in [2.75, 3.05) is 13.2 Å². The van der Waals surface area contributed by atoms with Crippen LogP contribution in [0.4, 0.5) is 0 Å². The van der Waals surface area contributed by atoms with Gasteiger partial charge in [-0.25, -0.2) is 0 Å². The molecule has 5 nitrogen and oxygen atoms in total. The van der Waals surface area contributed by atoms with Gasteiger partial charge < -0.3 is 9.63 Å². The van der Waals surface area contributed by atoms with Crippen LogP contribution in [0, 0.1) is 6.92 Å². The van der Waals surface area contributed by atoms with Crippen LogP contribution in [0.2, 0.25) is 0 Å².